The highest BCUT2D eigenvalue weighted by atomic mass is 16.2. The molecule has 166 valence electrons. The number of likely N-dealkylation sites (tertiary alicyclic amines) is 1. The molecule has 4 heterocycles. The number of benzene rings is 1. The van der Waals surface area contributed by atoms with Crippen LogP contribution in [0.5, 0.6) is 0 Å². The largest absolute Gasteiger partial charge is 0.338 e. The Labute approximate surface area is 187 Å². The summed E-state index contributed by atoms with van der Waals surface area (Å²) in [5, 5.41) is 8.96. The summed E-state index contributed by atoms with van der Waals surface area (Å²) in [5.74, 6) is 2.07. The van der Waals surface area contributed by atoms with Gasteiger partial charge in [0.2, 0.25) is 0 Å². The molecule has 1 aromatic carbocycles. The van der Waals surface area contributed by atoms with Crippen LogP contribution in [0.4, 0.5) is 0 Å². The number of pyridine rings is 1. The Bertz CT molecular complexity index is 1150. The average Bonchev–Trinajstić information content (AvgIpc) is 3.09. The molecule has 0 aliphatic carbocycles. The Balaban J connectivity index is 1.35. The summed E-state index contributed by atoms with van der Waals surface area (Å²) < 4.78 is 3.89. The van der Waals surface area contributed by atoms with Gasteiger partial charge < -0.3 is 14.0 Å². The number of rotatable bonds is 4. The van der Waals surface area contributed by atoms with Gasteiger partial charge in [-0.25, -0.2) is 0 Å². The monoisotopic (exact) mass is 431 g/mol. The Kier molecular flexibility index (Phi) is 5.88. The molecule has 7 heteroatoms. The third-order valence-corrected chi connectivity index (χ3v) is 6.66. The van der Waals surface area contributed by atoms with E-state index in [0.717, 1.165) is 55.9 Å². The predicted molar refractivity (Wildman–Crippen MR) is 122 cm³/mol. The van der Waals surface area contributed by atoms with Crippen molar-refractivity contribution in [2.45, 2.75) is 57.5 Å². The molecule has 0 radical (unpaired) electrons. The van der Waals surface area contributed by atoms with Crippen molar-refractivity contribution in [3.8, 4) is 0 Å². The number of hydrogen-bond donors (Lipinski definition) is 0. The lowest BCUT2D eigenvalue weighted by Crippen LogP contribution is -2.42. The van der Waals surface area contributed by atoms with Crippen LogP contribution in [-0.2, 0) is 19.5 Å². The van der Waals surface area contributed by atoms with E-state index in [0.29, 0.717) is 19.6 Å². The third-order valence-electron chi connectivity index (χ3n) is 6.66. The van der Waals surface area contributed by atoms with Crippen molar-refractivity contribution in [3.63, 3.8) is 0 Å². The zero-order chi connectivity index (χ0) is 21.9. The zero-order valence-electron chi connectivity index (χ0n) is 18.3. The van der Waals surface area contributed by atoms with Gasteiger partial charge >= 0.3 is 0 Å². The van der Waals surface area contributed by atoms with E-state index in [1.165, 1.54) is 6.42 Å². The molecule has 1 amide bonds. The van der Waals surface area contributed by atoms with Crippen LogP contribution < -0.4 is 5.56 Å². The Morgan fingerprint density at radius 3 is 2.72 bits per heavy atom. The van der Waals surface area contributed by atoms with E-state index in [-0.39, 0.29) is 22.9 Å². The summed E-state index contributed by atoms with van der Waals surface area (Å²) in [6, 6.07) is 13.3. The van der Waals surface area contributed by atoms with Gasteiger partial charge in [0.15, 0.2) is 0 Å². The molecule has 3 aromatic rings. The second kappa shape index (κ2) is 9.10. The fraction of sp³-hybridized carbons (Fsp3) is 0.440. The molecule has 0 N–H and O–H groups in total. The minimum absolute atomic E-state index is 0.169. The lowest BCUT2D eigenvalue weighted by atomic mass is 9.96. The van der Waals surface area contributed by atoms with E-state index in [2.05, 4.69) is 14.8 Å². The van der Waals surface area contributed by atoms with Gasteiger partial charge in [0.25, 0.3) is 11.5 Å². The molecule has 2 aliphatic rings. The minimum atomic E-state index is -0.236. The minimum Gasteiger partial charge on any atom is -0.338 e. The highest BCUT2D eigenvalue weighted by Gasteiger charge is 2.30. The fourth-order valence-corrected chi connectivity index (χ4v) is 4.96. The summed E-state index contributed by atoms with van der Waals surface area (Å²) in [6.07, 6.45) is 8.17. The second-order valence-corrected chi connectivity index (χ2v) is 8.87. The number of aryl methyl sites for hydroxylation is 1. The number of carbonyl (C=O) groups is 1. The smallest absolute Gasteiger partial charge is 0.263 e. The van der Waals surface area contributed by atoms with E-state index in [9.17, 15) is 9.59 Å². The first-order valence-corrected chi connectivity index (χ1v) is 11.7. The summed E-state index contributed by atoms with van der Waals surface area (Å²) in [7, 11) is 0. The maximum Gasteiger partial charge on any atom is 0.263 e. The van der Waals surface area contributed by atoms with Gasteiger partial charge in [-0.15, -0.1) is 10.2 Å². The lowest BCUT2D eigenvalue weighted by Gasteiger charge is -2.32. The zero-order valence-corrected chi connectivity index (χ0v) is 18.3. The molecular formula is C25H29N5O2. The van der Waals surface area contributed by atoms with Gasteiger partial charge in [-0.3, -0.25) is 9.59 Å². The molecule has 0 spiro atoms. The fourth-order valence-electron chi connectivity index (χ4n) is 4.96. The maximum atomic E-state index is 13.4. The Morgan fingerprint density at radius 2 is 1.84 bits per heavy atom. The van der Waals surface area contributed by atoms with E-state index in [1.807, 2.05) is 35.2 Å². The number of nitrogens with zero attached hydrogens (tertiary/aromatic N) is 5. The van der Waals surface area contributed by atoms with E-state index >= 15 is 0 Å². The normalized spacial score (nSPS) is 18.8. The topological polar surface area (TPSA) is 73.0 Å². The van der Waals surface area contributed by atoms with Crippen LogP contribution in [0.2, 0.25) is 0 Å². The van der Waals surface area contributed by atoms with Crippen molar-refractivity contribution >= 4 is 5.91 Å². The van der Waals surface area contributed by atoms with Crippen LogP contribution >= 0.6 is 0 Å². The van der Waals surface area contributed by atoms with Crippen molar-refractivity contribution in [1.29, 1.82) is 0 Å². The summed E-state index contributed by atoms with van der Waals surface area (Å²) in [5.41, 5.74) is 1.04. The molecule has 7 nitrogen and oxygen atoms in total. The molecule has 1 saturated heterocycles. The first-order valence-electron chi connectivity index (χ1n) is 11.7. The molecule has 1 unspecified atom stereocenters. The average molecular weight is 432 g/mol. The number of carbonyl (C=O) groups excluding carboxylic acids is 1. The van der Waals surface area contributed by atoms with Crippen LogP contribution in [0.15, 0.2) is 53.5 Å². The van der Waals surface area contributed by atoms with Crippen LogP contribution in [0.25, 0.3) is 0 Å². The van der Waals surface area contributed by atoms with Crippen LogP contribution in [0, 0.1) is 0 Å². The van der Waals surface area contributed by atoms with Crippen LogP contribution in [-0.4, -0.2) is 43.2 Å². The predicted octanol–water partition coefficient (Wildman–Crippen LogP) is 3.23. The van der Waals surface area contributed by atoms with E-state index in [1.54, 1.807) is 22.9 Å². The molecule has 32 heavy (non-hydrogen) atoms. The van der Waals surface area contributed by atoms with E-state index < -0.39 is 0 Å². The first-order chi connectivity index (χ1) is 15.7. The quantitative estimate of drug-likeness (QED) is 0.636. The second-order valence-electron chi connectivity index (χ2n) is 8.87. The maximum absolute atomic E-state index is 13.4. The van der Waals surface area contributed by atoms with Gasteiger partial charge in [0.05, 0.1) is 6.54 Å². The standard InChI is InChI=1S/C25H29N5O2/c31-24-21(12-8-15-28(24)17-19-9-3-1-4-10-19)25(32)29-14-7-11-20(18-29)23-27-26-22-13-5-2-6-16-30(22)23/h1,3-4,8-10,12,15,20H,2,5-7,11,13-14,16-18H2. The molecule has 0 saturated carbocycles. The first kappa shape index (κ1) is 20.7. The highest BCUT2D eigenvalue weighted by molar-refractivity contribution is 5.94. The van der Waals surface area contributed by atoms with Crippen LogP contribution in [0.3, 0.4) is 0 Å². The van der Waals surface area contributed by atoms with Crippen molar-refractivity contribution < 1.29 is 4.79 Å². The Hall–Kier alpha value is -3.22. The van der Waals surface area contributed by atoms with Gasteiger partial charge in [0.1, 0.15) is 17.2 Å². The van der Waals surface area contributed by atoms with Gasteiger partial charge in [-0.2, -0.15) is 0 Å². The molecule has 0 bridgehead atoms. The molecule has 2 aliphatic heterocycles. The van der Waals surface area contributed by atoms with E-state index in [4.69, 9.17) is 0 Å². The molecule has 1 fully saturated rings. The van der Waals surface area contributed by atoms with Gasteiger partial charge in [-0.05, 0) is 43.4 Å². The summed E-state index contributed by atoms with van der Waals surface area (Å²) >= 11 is 0. The number of piperidine rings is 1. The van der Waals surface area contributed by atoms with Crippen LogP contribution in [0.1, 0.15) is 65.6 Å². The van der Waals surface area contributed by atoms with Crippen molar-refractivity contribution in [2.75, 3.05) is 13.1 Å². The van der Waals surface area contributed by atoms with Crippen molar-refractivity contribution in [3.05, 3.63) is 81.8 Å². The van der Waals surface area contributed by atoms with Gasteiger partial charge in [-0.1, -0.05) is 36.8 Å². The van der Waals surface area contributed by atoms with Crippen molar-refractivity contribution in [2.24, 2.45) is 0 Å². The number of amides is 1. The highest BCUT2D eigenvalue weighted by Crippen LogP contribution is 2.28. The number of fused-ring (bicyclic) bond motifs is 1. The number of hydrogen-bond acceptors (Lipinski definition) is 4. The third kappa shape index (κ3) is 4.11. The summed E-state index contributed by atoms with van der Waals surface area (Å²) in [4.78, 5) is 28.3. The lowest BCUT2D eigenvalue weighted by molar-refractivity contribution is 0.0700. The molecule has 1 atom stereocenters. The molecule has 5 rings (SSSR count). The van der Waals surface area contributed by atoms with Gasteiger partial charge in [0, 0.05) is 38.2 Å². The number of aromatic nitrogens is 4. The summed E-state index contributed by atoms with van der Waals surface area (Å²) in [6.45, 7) is 2.67. The molecule has 2 aromatic heterocycles. The SMILES string of the molecule is O=C(c1cccn(Cc2ccccc2)c1=O)N1CCCC(c2nnc3n2CCCCC3)C1. The molecular weight excluding hydrogens is 402 g/mol. The Morgan fingerprint density at radius 1 is 0.969 bits per heavy atom. The van der Waals surface area contributed by atoms with Crippen molar-refractivity contribution in [1.82, 2.24) is 24.2 Å².